The minimum atomic E-state index is -0.591. The first kappa shape index (κ1) is 20.6. The minimum Gasteiger partial charge on any atom is -0.481 e. The van der Waals surface area contributed by atoms with Crippen molar-refractivity contribution in [2.75, 3.05) is 5.32 Å². The number of nitrogens with zero attached hydrogens (tertiary/aromatic N) is 1. The summed E-state index contributed by atoms with van der Waals surface area (Å²) < 4.78 is 5.80. The number of anilines is 1. The van der Waals surface area contributed by atoms with Crippen LogP contribution in [0.5, 0.6) is 5.75 Å². The summed E-state index contributed by atoms with van der Waals surface area (Å²) in [5.74, 6) is 0.514. The summed E-state index contributed by atoms with van der Waals surface area (Å²) in [6.07, 6.45) is 3.83. The number of benzene rings is 2. The van der Waals surface area contributed by atoms with Crippen molar-refractivity contribution in [2.45, 2.75) is 45.6 Å². The molecule has 0 unspecified atom stereocenters. The number of carbonyl (C=O) groups is 1. The van der Waals surface area contributed by atoms with Crippen LogP contribution in [-0.4, -0.2) is 17.0 Å². The highest BCUT2D eigenvalue weighted by molar-refractivity contribution is 5.94. The number of amides is 1. The Balaban J connectivity index is 1.55. The first-order valence-corrected chi connectivity index (χ1v) is 9.87. The Hall–Kier alpha value is -3.14. The summed E-state index contributed by atoms with van der Waals surface area (Å²) in [5.41, 5.74) is 4.46. The normalized spacial score (nSPS) is 12.3. The molecule has 3 aromatic rings. The predicted octanol–water partition coefficient (Wildman–Crippen LogP) is 5.38. The maximum Gasteiger partial charge on any atom is 0.265 e. The van der Waals surface area contributed by atoms with Crippen molar-refractivity contribution in [3.05, 3.63) is 89.7 Å². The molecule has 1 heterocycles. The van der Waals surface area contributed by atoms with Crippen LogP contribution in [0.1, 0.15) is 44.4 Å². The van der Waals surface area contributed by atoms with Gasteiger partial charge < -0.3 is 10.1 Å². The van der Waals surface area contributed by atoms with Crippen LogP contribution in [0, 0.1) is 0 Å². The number of hydrogen-bond acceptors (Lipinski definition) is 3. The van der Waals surface area contributed by atoms with Crippen molar-refractivity contribution in [1.82, 2.24) is 4.98 Å². The third-order valence-corrected chi connectivity index (χ3v) is 4.78. The molecule has 0 bridgehead atoms. The second kappa shape index (κ2) is 8.91. The van der Waals surface area contributed by atoms with Crippen molar-refractivity contribution in [3.63, 3.8) is 0 Å². The molecule has 0 aliphatic heterocycles. The zero-order valence-corrected chi connectivity index (χ0v) is 17.5. The fourth-order valence-corrected chi connectivity index (χ4v) is 2.98. The smallest absolute Gasteiger partial charge is 0.265 e. The van der Waals surface area contributed by atoms with E-state index in [-0.39, 0.29) is 11.3 Å². The molecule has 0 radical (unpaired) electrons. The predicted molar refractivity (Wildman–Crippen MR) is 117 cm³/mol. The third-order valence-electron chi connectivity index (χ3n) is 4.78. The lowest BCUT2D eigenvalue weighted by molar-refractivity contribution is -0.122. The van der Waals surface area contributed by atoms with Gasteiger partial charge in [-0.2, -0.15) is 0 Å². The molecule has 0 fully saturated rings. The molecule has 0 saturated carbocycles. The van der Waals surface area contributed by atoms with E-state index in [0.717, 1.165) is 12.1 Å². The first-order chi connectivity index (χ1) is 13.8. The van der Waals surface area contributed by atoms with E-state index >= 15 is 0 Å². The molecule has 29 heavy (non-hydrogen) atoms. The number of carbonyl (C=O) groups excluding carboxylic acids is 1. The SMILES string of the molecule is C[C@H](Oc1ccc(C(C)(C)C)cc1)C(=O)Nc1ccc(Cc2ccncc2)cc1. The Morgan fingerprint density at radius 1 is 0.931 bits per heavy atom. The van der Waals surface area contributed by atoms with Gasteiger partial charge in [0.1, 0.15) is 5.75 Å². The molecule has 1 atom stereocenters. The number of ether oxygens (including phenoxy) is 1. The fraction of sp³-hybridized carbons (Fsp3) is 0.280. The quantitative estimate of drug-likeness (QED) is 0.617. The summed E-state index contributed by atoms with van der Waals surface area (Å²) in [6.45, 7) is 8.26. The molecule has 150 valence electrons. The monoisotopic (exact) mass is 388 g/mol. The van der Waals surface area contributed by atoms with Gasteiger partial charge in [-0.15, -0.1) is 0 Å². The molecule has 4 heteroatoms. The van der Waals surface area contributed by atoms with Crippen LogP contribution in [0.25, 0.3) is 0 Å². The standard InChI is InChI=1S/C25H28N2O2/c1-18(29-23-11-7-21(8-12-23)25(2,3)4)24(28)27-22-9-5-19(6-10-22)17-20-13-15-26-16-14-20/h5-16,18H,17H2,1-4H3,(H,27,28)/t18-/m0/s1. The van der Waals surface area contributed by atoms with E-state index in [2.05, 4.69) is 31.1 Å². The Morgan fingerprint density at radius 3 is 2.10 bits per heavy atom. The molecular weight excluding hydrogens is 360 g/mol. The van der Waals surface area contributed by atoms with E-state index in [9.17, 15) is 4.79 Å². The lowest BCUT2D eigenvalue weighted by Gasteiger charge is -2.20. The van der Waals surface area contributed by atoms with Crippen molar-refractivity contribution in [2.24, 2.45) is 0 Å². The van der Waals surface area contributed by atoms with Crippen LogP contribution in [0.3, 0.4) is 0 Å². The maximum absolute atomic E-state index is 12.5. The summed E-state index contributed by atoms with van der Waals surface area (Å²) in [4.78, 5) is 16.5. The fourth-order valence-electron chi connectivity index (χ4n) is 2.98. The van der Waals surface area contributed by atoms with Gasteiger partial charge in [0.15, 0.2) is 6.10 Å². The molecule has 2 aromatic carbocycles. The van der Waals surface area contributed by atoms with Crippen LogP contribution in [-0.2, 0) is 16.6 Å². The van der Waals surface area contributed by atoms with Gasteiger partial charge in [-0.05, 0) is 71.8 Å². The average molecular weight is 389 g/mol. The largest absolute Gasteiger partial charge is 0.481 e. The number of pyridine rings is 1. The van der Waals surface area contributed by atoms with Crippen molar-refractivity contribution in [3.8, 4) is 5.75 Å². The van der Waals surface area contributed by atoms with Crippen LogP contribution >= 0.6 is 0 Å². The zero-order valence-electron chi connectivity index (χ0n) is 17.5. The van der Waals surface area contributed by atoms with Gasteiger partial charge in [-0.3, -0.25) is 9.78 Å². The van der Waals surface area contributed by atoms with Gasteiger partial charge in [0, 0.05) is 18.1 Å². The highest BCUT2D eigenvalue weighted by atomic mass is 16.5. The van der Waals surface area contributed by atoms with E-state index in [1.807, 2.05) is 60.7 Å². The molecule has 3 rings (SSSR count). The maximum atomic E-state index is 12.5. The van der Waals surface area contributed by atoms with Crippen LogP contribution in [0.15, 0.2) is 73.1 Å². The lowest BCUT2D eigenvalue weighted by Crippen LogP contribution is -2.30. The first-order valence-electron chi connectivity index (χ1n) is 9.87. The Kier molecular flexibility index (Phi) is 6.32. The van der Waals surface area contributed by atoms with E-state index in [4.69, 9.17) is 4.74 Å². The van der Waals surface area contributed by atoms with Crippen LogP contribution in [0.4, 0.5) is 5.69 Å². The molecule has 0 saturated heterocycles. The van der Waals surface area contributed by atoms with Gasteiger partial charge in [0.2, 0.25) is 0 Å². The van der Waals surface area contributed by atoms with Crippen molar-refractivity contribution >= 4 is 11.6 Å². The van der Waals surface area contributed by atoms with E-state index in [0.29, 0.717) is 5.75 Å². The number of nitrogens with one attached hydrogen (secondary N) is 1. The number of aromatic nitrogens is 1. The van der Waals surface area contributed by atoms with Crippen molar-refractivity contribution in [1.29, 1.82) is 0 Å². The molecule has 1 N–H and O–H groups in total. The molecule has 0 aliphatic rings. The molecule has 1 aromatic heterocycles. The molecule has 1 amide bonds. The third kappa shape index (κ3) is 5.92. The number of hydrogen-bond donors (Lipinski definition) is 1. The Labute approximate surface area is 173 Å². The minimum absolute atomic E-state index is 0.0884. The van der Waals surface area contributed by atoms with E-state index in [1.54, 1.807) is 19.3 Å². The van der Waals surface area contributed by atoms with Crippen LogP contribution in [0.2, 0.25) is 0 Å². The Bertz CT molecular complexity index is 927. The molecular formula is C25H28N2O2. The van der Waals surface area contributed by atoms with E-state index in [1.165, 1.54) is 16.7 Å². The molecule has 0 aliphatic carbocycles. The van der Waals surface area contributed by atoms with Crippen molar-refractivity contribution < 1.29 is 9.53 Å². The molecule has 4 nitrogen and oxygen atoms in total. The summed E-state index contributed by atoms with van der Waals surface area (Å²) in [5, 5.41) is 2.91. The topological polar surface area (TPSA) is 51.2 Å². The van der Waals surface area contributed by atoms with Gasteiger partial charge in [-0.1, -0.05) is 45.0 Å². The van der Waals surface area contributed by atoms with Gasteiger partial charge in [0.25, 0.3) is 5.91 Å². The number of rotatable bonds is 6. The highest BCUT2D eigenvalue weighted by Crippen LogP contribution is 2.24. The summed E-state index contributed by atoms with van der Waals surface area (Å²) >= 11 is 0. The van der Waals surface area contributed by atoms with E-state index < -0.39 is 6.10 Å². The summed E-state index contributed by atoms with van der Waals surface area (Å²) in [7, 11) is 0. The van der Waals surface area contributed by atoms with Gasteiger partial charge >= 0.3 is 0 Å². The second-order valence-electron chi connectivity index (χ2n) is 8.25. The Morgan fingerprint density at radius 2 is 1.52 bits per heavy atom. The molecule has 0 spiro atoms. The van der Waals surface area contributed by atoms with Crippen LogP contribution < -0.4 is 10.1 Å². The second-order valence-corrected chi connectivity index (χ2v) is 8.25. The summed E-state index contributed by atoms with van der Waals surface area (Å²) in [6, 6.07) is 19.8. The lowest BCUT2D eigenvalue weighted by atomic mass is 9.87. The average Bonchev–Trinajstić information content (AvgIpc) is 2.70. The highest BCUT2D eigenvalue weighted by Gasteiger charge is 2.17. The zero-order chi connectivity index (χ0) is 20.9. The van der Waals surface area contributed by atoms with Gasteiger partial charge in [0.05, 0.1) is 0 Å². The van der Waals surface area contributed by atoms with Gasteiger partial charge in [-0.25, -0.2) is 0 Å².